The van der Waals surface area contributed by atoms with Gasteiger partial charge in [0.25, 0.3) is 11.8 Å². The minimum absolute atomic E-state index is 0.126. The molecule has 2 amide bonds. The zero-order valence-electron chi connectivity index (χ0n) is 59.5. The van der Waals surface area contributed by atoms with E-state index >= 15 is 4.79 Å². The third kappa shape index (κ3) is 21.0. The molecular weight excluding hydrogens is 1220 g/mol. The van der Waals surface area contributed by atoms with Crippen LogP contribution in [-0.2, 0) is 12.8 Å². The SMILES string of the molecule is CCCCCCCCCCCCc1cc(C)sc1-c1ccc(/C=C/c2ccc(-c3sc(C4=c5ccc6cc7c8c(ccc7cc6c5C(=O)N4CCCCCCCCCCCC)=C(C)N(CCCCCCCCCCCC)C8=O)cc3CCCCCCCCCCCC)s2)s1. The normalized spacial score (nSPS) is 13.3. The predicted octanol–water partition coefficient (Wildman–Crippen LogP) is 27.0. The number of nitrogens with zero attached hydrogens (tertiary/aromatic N) is 2. The van der Waals surface area contributed by atoms with Gasteiger partial charge in [-0.05, 0) is 146 Å². The fraction of sp³-hybridized carbons (Fsp3) is 0.581. The van der Waals surface area contributed by atoms with Crippen molar-refractivity contribution in [2.75, 3.05) is 13.1 Å². The summed E-state index contributed by atoms with van der Waals surface area (Å²) in [6, 6.07) is 27.7. The van der Waals surface area contributed by atoms with Gasteiger partial charge in [0.2, 0.25) is 0 Å². The van der Waals surface area contributed by atoms with Crippen LogP contribution in [0.3, 0.4) is 0 Å². The Morgan fingerprint density at radius 3 is 1.15 bits per heavy atom. The lowest BCUT2D eigenvalue weighted by Crippen LogP contribution is -2.26. The van der Waals surface area contributed by atoms with Crippen molar-refractivity contribution in [2.24, 2.45) is 0 Å². The molecule has 0 fully saturated rings. The summed E-state index contributed by atoms with van der Waals surface area (Å²) in [5.41, 5.74) is 6.77. The van der Waals surface area contributed by atoms with Crippen LogP contribution in [0.25, 0.3) is 64.6 Å². The molecule has 9 rings (SSSR count). The van der Waals surface area contributed by atoms with E-state index in [0.29, 0.717) is 6.54 Å². The number of aryl methyl sites for hydroxylation is 3. The highest BCUT2D eigenvalue weighted by atomic mass is 32.1. The molecule has 0 aliphatic carbocycles. The number of unbranched alkanes of at least 4 members (excludes halogenated alkanes) is 36. The number of benzene rings is 3. The van der Waals surface area contributed by atoms with Crippen molar-refractivity contribution in [1.29, 1.82) is 0 Å². The van der Waals surface area contributed by atoms with E-state index in [-0.39, 0.29) is 11.8 Å². The van der Waals surface area contributed by atoms with Crippen LogP contribution >= 0.6 is 45.3 Å². The van der Waals surface area contributed by atoms with Gasteiger partial charge in [-0.25, -0.2) is 0 Å². The number of rotatable bonds is 49. The predicted molar refractivity (Wildman–Crippen MR) is 418 cm³/mol. The van der Waals surface area contributed by atoms with Gasteiger partial charge in [0, 0.05) is 63.4 Å². The van der Waals surface area contributed by atoms with Crippen molar-refractivity contribution in [3.63, 3.8) is 0 Å². The second-order valence-corrected chi connectivity index (χ2v) is 32.8. The van der Waals surface area contributed by atoms with Crippen LogP contribution in [0.15, 0.2) is 72.8 Å². The Balaban J connectivity index is 0.960. The fourth-order valence-corrected chi connectivity index (χ4v) is 19.4. The number of amides is 2. The van der Waals surface area contributed by atoms with Gasteiger partial charge in [-0.15, -0.1) is 45.3 Å². The van der Waals surface area contributed by atoms with Crippen LogP contribution < -0.4 is 10.4 Å². The van der Waals surface area contributed by atoms with Crippen LogP contribution in [0.4, 0.5) is 0 Å². The van der Waals surface area contributed by atoms with E-state index in [1.807, 2.05) is 50.2 Å². The molecule has 2 aliphatic rings. The van der Waals surface area contributed by atoms with Crippen molar-refractivity contribution in [1.82, 2.24) is 9.80 Å². The number of fused-ring (bicyclic) bond motifs is 6. The first kappa shape index (κ1) is 73.6. The number of hydrogen-bond acceptors (Lipinski definition) is 6. The summed E-state index contributed by atoms with van der Waals surface area (Å²) in [6.45, 7) is 15.1. The van der Waals surface area contributed by atoms with Gasteiger partial charge in [0.1, 0.15) is 0 Å². The molecule has 7 aromatic rings. The molecule has 0 unspecified atom stereocenters. The van der Waals surface area contributed by atoms with E-state index in [9.17, 15) is 4.79 Å². The molecule has 0 radical (unpaired) electrons. The van der Waals surface area contributed by atoms with E-state index in [2.05, 4.69) is 131 Å². The second-order valence-electron chi connectivity index (χ2n) is 28.3. The summed E-state index contributed by atoms with van der Waals surface area (Å²) < 4.78 is 0. The monoisotopic (exact) mass is 1340 g/mol. The standard InChI is InChI=1S/C86H120N2O2S4/c1-7-11-15-19-23-27-31-35-39-43-47-69-61-65(5)91-83(69)77-57-53-71(92-77)51-52-72-54-58-78(93-72)84-70(48-44-40-36-32-28-24-20-16-12-8-2)64-79(94-84)82-74-56-50-68-62-75-67(63-76(68)81(74)86(90)88(82)60-46-42-38-34-30-26-22-18-14-10-4)49-55-73-66(6)87(85(89)80(73)75)59-45-41-37-33-29-25-21-17-13-9-3/h49-58,61-64H,7-48,59-60H2,1-6H3/b52-51+. The van der Waals surface area contributed by atoms with E-state index < -0.39 is 0 Å². The van der Waals surface area contributed by atoms with Gasteiger partial charge >= 0.3 is 0 Å². The second kappa shape index (κ2) is 40.3. The quantitative estimate of drug-likeness (QED) is 0.0282. The third-order valence-corrected chi connectivity index (χ3v) is 25.3. The molecule has 0 N–H and O–H groups in total. The molecule has 510 valence electrons. The lowest BCUT2D eigenvalue weighted by atomic mass is 9.95. The smallest absolute Gasteiger partial charge is 0.259 e. The van der Waals surface area contributed by atoms with Crippen LogP contribution in [-0.4, -0.2) is 34.7 Å². The van der Waals surface area contributed by atoms with Gasteiger partial charge in [-0.2, -0.15) is 0 Å². The molecule has 0 saturated carbocycles. The first-order chi connectivity index (χ1) is 46.2. The maximum Gasteiger partial charge on any atom is 0.259 e. The van der Waals surface area contributed by atoms with E-state index in [0.717, 1.165) is 93.2 Å². The van der Waals surface area contributed by atoms with Crippen LogP contribution in [0.5, 0.6) is 0 Å². The molecule has 3 aromatic carbocycles. The maximum absolute atomic E-state index is 15.6. The molecule has 0 saturated heterocycles. The van der Waals surface area contributed by atoms with Gasteiger partial charge in [0.05, 0.1) is 21.7 Å². The molecule has 0 bridgehead atoms. The summed E-state index contributed by atoms with van der Waals surface area (Å²) in [7, 11) is 0. The number of carbonyl (C=O) groups is 2. The molecule has 2 aliphatic heterocycles. The molecule has 4 nitrogen and oxygen atoms in total. The number of carbonyl (C=O) groups excluding carboxylic acids is 2. The summed E-state index contributed by atoms with van der Waals surface area (Å²) >= 11 is 7.73. The Hall–Kier alpha value is -4.60. The summed E-state index contributed by atoms with van der Waals surface area (Å²) in [5, 5.41) is 6.17. The van der Waals surface area contributed by atoms with Crippen molar-refractivity contribution >= 4 is 102 Å². The zero-order valence-corrected chi connectivity index (χ0v) is 62.8. The Bertz CT molecular complexity index is 3600. The Labute approximate surface area is 586 Å². The van der Waals surface area contributed by atoms with E-state index in [1.54, 1.807) is 0 Å². The lowest BCUT2D eigenvalue weighted by Gasteiger charge is -2.20. The first-order valence-corrected chi connectivity index (χ1v) is 42.0. The minimum atomic E-state index is 0.126. The molecule has 6 heterocycles. The molecule has 94 heavy (non-hydrogen) atoms. The Morgan fingerprint density at radius 2 is 0.702 bits per heavy atom. The Kier molecular flexibility index (Phi) is 31.6. The highest BCUT2D eigenvalue weighted by Crippen LogP contribution is 2.44. The molecule has 0 spiro atoms. The first-order valence-electron chi connectivity index (χ1n) is 38.7. The largest absolute Gasteiger partial charge is 0.312 e. The van der Waals surface area contributed by atoms with Gasteiger partial charge in [0.15, 0.2) is 0 Å². The number of hydrogen-bond donors (Lipinski definition) is 0. The van der Waals surface area contributed by atoms with Crippen LogP contribution in [0, 0.1) is 6.92 Å². The topological polar surface area (TPSA) is 40.6 Å². The minimum Gasteiger partial charge on any atom is -0.312 e. The van der Waals surface area contributed by atoms with Crippen molar-refractivity contribution < 1.29 is 9.59 Å². The van der Waals surface area contributed by atoms with Crippen LogP contribution in [0.1, 0.15) is 343 Å². The lowest BCUT2D eigenvalue weighted by molar-refractivity contribution is 0.0836. The van der Waals surface area contributed by atoms with Gasteiger partial charge < -0.3 is 9.80 Å². The van der Waals surface area contributed by atoms with E-state index in [1.165, 1.54) is 288 Å². The van der Waals surface area contributed by atoms with Crippen molar-refractivity contribution in [3.8, 4) is 19.5 Å². The molecule has 4 aromatic heterocycles. The molecular formula is C86H120N2O2S4. The van der Waals surface area contributed by atoms with Gasteiger partial charge in [-0.3, -0.25) is 9.59 Å². The van der Waals surface area contributed by atoms with Crippen molar-refractivity contribution in [3.05, 3.63) is 125 Å². The fourth-order valence-electron chi connectivity index (χ4n) is 15.0. The molecule has 0 atom stereocenters. The van der Waals surface area contributed by atoms with Crippen LogP contribution in [0.2, 0.25) is 0 Å². The van der Waals surface area contributed by atoms with Crippen molar-refractivity contribution in [2.45, 2.75) is 311 Å². The maximum atomic E-state index is 15.6. The number of thiophene rings is 4. The van der Waals surface area contributed by atoms with Gasteiger partial charge in [-0.1, -0.05) is 283 Å². The summed E-state index contributed by atoms with van der Waals surface area (Å²) in [4.78, 5) is 45.1. The average molecular weight is 1340 g/mol. The summed E-state index contributed by atoms with van der Waals surface area (Å²) in [5.74, 6) is 0.255. The van der Waals surface area contributed by atoms with E-state index in [4.69, 9.17) is 0 Å². The molecule has 8 heteroatoms. The highest BCUT2D eigenvalue weighted by Gasteiger charge is 2.34. The average Bonchev–Trinajstić information content (AvgIpc) is 1.54. The zero-order chi connectivity index (χ0) is 65.7. The summed E-state index contributed by atoms with van der Waals surface area (Å²) in [6.07, 6.45) is 59.2. The third-order valence-electron chi connectivity index (χ3n) is 20.6. The Morgan fingerprint density at radius 1 is 0.340 bits per heavy atom. The highest BCUT2D eigenvalue weighted by molar-refractivity contribution is 7.23.